The maximum Gasteiger partial charge on any atom is 0.271 e. The number of hydrogen-bond acceptors (Lipinski definition) is 8. The Morgan fingerprint density at radius 2 is 2.22 bits per heavy atom. The molecular formula is C10H16N6OS. The van der Waals surface area contributed by atoms with E-state index in [1.165, 1.54) is 11.5 Å². The molecule has 0 spiro atoms. The number of aromatic nitrogens is 4. The van der Waals surface area contributed by atoms with Crippen molar-refractivity contribution >= 4 is 11.5 Å². The lowest BCUT2D eigenvalue weighted by molar-refractivity contribution is 0.357. The second-order valence-electron chi connectivity index (χ2n) is 4.23. The van der Waals surface area contributed by atoms with Crippen LogP contribution in [0.25, 0.3) is 10.8 Å². The molecule has 1 atom stereocenters. The van der Waals surface area contributed by atoms with E-state index in [0.29, 0.717) is 18.3 Å². The minimum atomic E-state index is -0.261. The van der Waals surface area contributed by atoms with Gasteiger partial charge in [-0.1, -0.05) is 16.6 Å². The molecule has 2 N–H and O–H groups in total. The van der Waals surface area contributed by atoms with Crippen LogP contribution in [0.4, 0.5) is 0 Å². The molecule has 0 radical (unpaired) electrons. The third-order valence-electron chi connectivity index (χ3n) is 2.42. The summed E-state index contributed by atoms with van der Waals surface area (Å²) in [4.78, 5) is 7.12. The van der Waals surface area contributed by atoms with Crippen LogP contribution in [0.1, 0.15) is 24.5 Å². The van der Waals surface area contributed by atoms with E-state index >= 15 is 0 Å². The second-order valence-corrected chi connectivity index (χ2v) is 4.98. The molecule has 2 aromatic rings. The molecule has 0 aliphatic heterocycles. The molecule has 0 aliphatic carbocycles. The van der Waals surface area contributed by atoms with Gasteiger partial charge in [-0.05, 0) is 32.0 Å². The van der Waals surface area contributed by atoms with Gasteiger partial charge in [0.2, 0.25) is 0 Å². The van der Waals surface area contributed by atoms with Gasteiger partial charge in [-0.25, -0.2) is 0 Å². The molecule has 2 heterocycles. The lowest BCUT2D eigenvalue weighted by Gasteiger charge is -2.12. The molecule has 0 fully saturated rings. The third kappa shape index (κ3) is 2.71. The molecule has 0 amide bonds. The van der Waals surface area contributed by atoms with Crippen LogP contribution in [0.2, 0.25) is 0 Å². The monoisotopic (exact) mass is 268 g/mol. The highest BCUT2D eigenvalue weighted by molar-refractivity contribution is 7.09. The Labute approximate surface area is 109 Å². The molecular weight excluding hydrogens is 252 g/mol. The van der Waals surface area contributed by atoms with Gasteiger partial charge in [0.1, 0.15) is 4.88 Å². The van der Waals surface area contributed by atoms with Crippen molar-refractivity contribution in [3.8, 4) is 10.8 Å². The third-order valence-corrected chi connectivity index (χ3v) is 3.18. The highest BCUT2D eigenvalue weighted by Gasteiger charge is 2.19. The zero-order chi connectivity index (χ0) is 13.1. The van der Waals surface area contributed by atoms with E-state index in [0.717, 1.165) is 17.0 Å². The number of aryl methyl sites for hydroxylation is 1. The van der Waals surface area contributed by atoms with Crippen molar-refractivity contribution in [3.63, 3.8) is 0 Å². The van der Waals surface area contributed by atoms with Crippen LogP contribution < -0.4 is 5.73 Å². The van der Waals surface area contributed by atoms with Crippen LogP contribution in [0.5, 0.6) is 0 Å². The fraction of sp³-hybridized carbons (Fsp3) is 0.600. The van der Waals surface area contributed by atoms with Gasteiger partial charge in [0.05, 0.1) is 11.7 Å². The Morgan fingerprint density at radius 3 is 2.89 bits per heavy atom. The predicted octanol–water partition coefficient (Wildman–Crippen LogP) is 0.712. The summed E-state index contributed by atoms with van der Waals surface area (Å²) < 4.78 is 9.12. The molecule has 98 valence electrons. The summed E-state index contributed by atoms with van der Waals surface area (Å²) in [6.07, 6.45) is 0.785. The van der Waals surface area contributed by atoms with Gasteiger partial charge in [0.15, 0.2) is 5.82 Å². The molecule has 2 rings (SSSR count). The fourth-order valence-corrected chi connectivity index (χ4v) is 2.23. The number of nitrogens with two attached hydrogens (primary N) is 1. The van der Waals surface area contributed by atoms with Crippen LogP contribution in [0.15, 0.2) is 4.52 Å². The van der Waals surface area contributed by atoms with E-state index in [1.807, 2.05) is 25.9 Å². The zero-order valence-electron chi connectivity index (χ0n) is 10.6. The van der Waals surface area contributed by atoms with E-state index in [2.05, 4.69) is 19.7 Å². The standard InChI is InChI=1S/C10H16N6OS/c1-4-7-8(18-15-13-7)10-12-9(14-17-10)6(11)5-16(2)3/h6H,4-5,11H2,1-3H3. The lowest BCUT2D eigenvalue weighted by Crippen LogP contribution is -2.26. The first kappa shape index (κ1) is 13.1. The normalized spacial score (nSPS) is 13.2. The highest BCUT2D eigenvalue weighted by Crippen LogP contribution is 2.25. The summed E-state index contributed by atoms with van der Waals surface area (Å²) >= 11 is 1.26. The second kappa shape index (κ2) is 5.51. The van der Waals surface area contributed by atoms with Crippen molar-refractivity contribution in [3.05, 3.63) is 11.5 Å². The molecule has 7 nitrogen and oxygen atoms in total. The first-order valence-electron chi connectivity index (χ1n) is 5.67. The van der Waals surface area contributed by atoms with Crippen LogP contribution in [0.3, 0.4) is 0 Å². The van der Waals surface area contributed by atoms with Gasteiger partial charge in [-0.2, -0.15) is 4.98 Å². The number of hydrogen-bond donors (Lipinski definition) is 1. The number of nitrogens with zero attached hydrogens (tertiary/aromatic N) is 5. The van der Waals surface area contributed by atoms with E-state index in [-0.39, 0.29) is 6.04 Å². The largest absolute Gasteiger partial charge is 0.333 e. The van der Waals surface area contributed by atoms with Crippen LogP contribution in [-0.4, -0.2) is 45.3 Å². The SMILES string of the molecule is CCc1nnsc1-c1nc(C(N)CN(C)C)no1. The first-order chi connectivity index (χ1) is 8.61. The number of likely N-dealkylation sites (N-methyl/N-ethyl adjacent to an activating group) is 1. The summed E-state index contributed by atoms with van der Waals surface area (Å²) in [5.74, 6) is 0.959. The maximum absolute atomic E-state index is 5.98. The molecule has 1 unspecified atom stereocenters. The summed E-state index contributed by atoms with van der Waals surface area (Å²) in [5.41, 5.74) is 6.85. The molecule has 0 bridgehead atoms. The summed E-state index contributed by atoms with van der Waals surface area (Å²) in [7, 11) is 3.90. The van der Waals surface area contributed by atoms with Crippen molar-refractivity contribution < 1.29 is 4.52 Å². The average Bonchev–Trinajstić information content (AvgIpc) is 2.96. The Bertz CT molecular complexity index is 508. The van der Waals surface area contributed by atoms with E-state index < -0.39 is 0 Å². The van der Waals surface area contributed by atoms with E-state index in [4.69, 9.17) is 10.3 Å². The van der Waals surface area contributed by atoms with Crippen molar-refractivity contribution in [1.29, 1.82) is 0 Å². The molecule has 0 aliphatic rings. The fourth-order valence-electron chi connectivity index (χ4n) is 1.56. The van der Waals surface area contributed by atoms with Gasteiger partial charge < -0.3 is 15.2 Å². The zero-order valence-corrected chi connectivity index (χ0v) is 11.4. The predicted molar refractivity (Wildman–Crippen MR) is 68.1 cm³/mol. The van der Waals surface area contributed by atoms with Crippen molar-refractivity contribution in [2.45, 2.75) is 19.4 Å². The van der Waals surface area contributed by atoms with Gasteiger partial charge in [-0.3, -0.25) is 0 Å². The lowest BCUT2D eigenvalue weighted by atomic mass is 10.3. The van der Waals surface area contributed by atoms with Gasteiger partial charge in [0.25, 0.3) is 5.89 Å². The van der Waals surface area contributed by atoms with Crippen molar-refractivity contribution in [2.75, 3.05) is 20.6 Å². The smallest absolute Gasteiger partial charge is 0.271 e. The Kier molecular flexibility index (Phi) is 4.00. The van der Waals surface area contributed by atoms with Crippen molar-refractivity contribution in [2.24, 2.45) is 5.73 Å². The van der Waals surface area contributed by atoms with E-state index in [9.17, 15) is 0 Å². The van der Waals surface area contributed by atoms with Crippen LogP contribution >= 0.6 is 11.5 Å². The first-order valence-corrected chi connectivity index (χ1v) is 6.44. The number of rotatable bonds is 5. The average molecular weight is 268 g/mol. The van der Waals surface area contributed by atoms with Crippen molar-refractivity contribution in [1.82, 2.24) is 24.6 Å². The molecule has 0 saturated heterocycles. The molecule has 8 heteroatoms. The summed E-state index contributed by atoms with van der Waals surface area (Å²) in [5, 5.41) is 7.93. The Morgan fingerprint density at radius 1 is 1.44 bits per heavy atom. The maximum atomic E-state index is 5.98. The summed E-state index contributed by atoms with van der Waals surface area (Å²) in [6, 6.07) is -0.261. The van der Waals surface area contributed by atoms with Crippen LogP contribution in [-0.2, 0) is 6.42 Å². The topological polar surface area (TPSA) is 94.0 Å². The molecule has 18 heavy (non-hydrogen) atoms. The quantitative estimate of drug-likeness (QED) is 0.853. The molecule has 0 aromatic carbocycles. The minimum absolute atomic E-state index is 0.261. The molecule has 0 saturated carbocycles. The summed E-state index contributed by atoms with van der Waals surface area (Å²) in [6.45, 7) is 2.68. The Hall–Kier alpha value is -1.38. The van der Waals surface area contributed by atoms with Crippen LogP contribution in [0, 0.1) is 0 Å². The highest BCUT2D eigenvalue weighted by atomic mass is 32.1. The van der Waals surface area contributed by atoms with E-state index in [1.54, 1.807) is 0 Å². The Balaban J connectivity index is 2.20. The van der Waals surface area contributed by atoms with Gasteiger partial charge in [-0.15, -0.1) is 5.10 Å². The minimum Gasteiger partial charge on any atom is -0.333 e. The van der Waals surface area contributed by atoms with Gasteiger partial charge >= 0.3 is 0 Å². The molecule has 2 aromatic heterocycles. The van der Waals surface area contributed by atoms with Gasteiger partial charge in [0, 0.05) is 6.54 Å².